The summed E-state index contributed by atoms with van der Waals surface area (Å²) in [5.74, 6) is 0.907. The van der Waals surface area contributed by atoms with Crippen molar-refractivity contribution in [3.05, 3.63) is 71.0 Å². The van der Waals surface area contributed by atoms with Crippen molar-refractivity contribution in [2.45, 2.75) is 0 Å². The fourth-order valence-electron chi connectivity index (χ4n) is 2.08. The summed E-state index contributed by atoms with van der Waals surface area (Å²) < 4.78 is 6.00. The maximum Gasteiger partial charge on any atom is 0.258 e. The topological polar surface area (TPSA) is 76.1 Å². The third-order valence-electron chi connectivity index (χ3n) is 3.34. The van der Waals surface area contributed by atoms with E-state index in [1.165, 1.54) is 12.4 Å². The van der Waals surface area contributed by atoms with E-state index in [0.717, 1.165) is 15.9 Å². The highest BCUT2D eigenvalue weighted by Gasteiger charge is 2.08. The number of amides is 1. The number of anilines is 3. The molecule has 3 rings (SSSR count). The van der Waals surface area contributed by atoms with Crippen molar-refractivity contribution < 1.29 is 9.53 Å². The second-order valence-corrected chi connectivity index (χ2v) is 6.03. The van der Waals surface area contributed by atoms with Crippen LogP contribution < -0.4 is 15.4 Å². The van der Waals surface area contributed by atoms with E-state index >= 15 is 0 Å². The average Bonchev–Trinajstić information content (AvgIpc) is 2.63. The van der Waals surface area contributed by atoms with E-state index < -0.39 is 0 Å². The maximum atomic E-state index is 12.2. The van der Waals surface area contributed by atoms with Gasteiger partial charge >= 0.3 is 0 Å². The lowest BCUT2D eigenvalue weighted by Gasteiger charge is -2.07. The van der Waals surface area contributed by atoms with Crippen LogP contribution in [0.15, 0.2) is 65.4 Å². The van der Waals surface area contributed by atoms with Gasteiger partial charge in [0.15, 0.2) is 0 Å². The molecular weight excluding hydrogens is 384 g/mol. The Kier molecular flexibility index (Phi) is 5.25. The molecule has 0 aliphatic carbocycles. The number of nitrogens with zero attached hydrogens (tertiary/aromatic N) is 2. The lowest BCUT2D eigenvalue weighted by molar-refractivity contribution is 0.102. The number of methoxy groups -OCH3 is 1. The molecule has 2 aromatic carbocycles. The first-order chi connectivity index (χ1) is 12.1. The Morgan fingerprint density at radius 3 is 2.40 bits per heavy atom. The summed E-state index contributed by atoms with van der Waals surface area (Å²) in [4.78, 5) is 20.6. The van der Waals surface area contributed by atoms with Crippen molar-refractivity contribution in [1.82, 2.24) is 9.97 Å². The van der Waals surface area contributed by atoms with Gasteiger partial charge in [-0.2, -0.15) is 0 Å². The number of ether oxygens (including phenoxy) is 1. The minimum Gasteiger partial charge on any atom is -0.497 e. The molecule has 3 aromatic rings. The zero-order valence-electron chi connectivity index (χ0n) is 13.4. The standard InChI is InChI=1S/C18H15BrN4O2/c1-25-16-7-5-14(6-8-16)23-18-20-10-12(11-21-18)17(24)22-15-4-2-3-13(19)9-15/h2-11H,1H3,(H,22,24)(H,20,21,23). The fraction of sp³-hybridized carbons (Fsp3) is 0.0556. The molecule has 0 aliphatic rings. The van der Waals surface area contributed by atoms with Gasteiger partial charge in [-0.05, 0) is 42.5 Å². The van der Waals surface area contributed by atoms with Gasteiger partial charge in [0, 0.05) is 28.2 Å². The van der Waals surface area contributed by atoms with Gasteiger partial charge < -0.3 is 15.4 Å². The number of hydrogen-bond acceptors (Lipinski definition) is 5. The zero-order valence-corrected chi connectivity index (χ0v) is 14.9. The molecule has 7 heteroatoms. The lowest BCUT2D eigenvalue weighted by atomic mass is 10.3. The summed E-state index contributed by atoms with van der Waals surface area (Å²) in [6.45, 7) is 0. The van der Waals surface area contributed by atoms with Crippen molar-refractivity contribution in [2.75, 3.05) is 17.7 Å². The Balaban J connectivity index is 1.65. The van der Waals surface area contributed by atoms with Gasteiger partial charge in [0.2, 0.25) is 5.95 Å². The normalized spacial score (nSPS) is 10.2. The molecule has 0 unspecified atom stereocenters. The first-order valence-corrected chi connectivity index (χ1v) is 8.23. The van der Waals surface area contributed by atoms with E-state index in [-0.39, 0.29) is 5.91 Å². The van der Waals surface area contributed by atoms with E-state index in [2.05, 4.69) is 36.5 Å². The molecule has 1 amide bonds. The second-order valence-electron chi connectivity index (χ2n) is 5.11. The summed E-state index contributed by atoms with van der Waals surface area (Å²) in [5.41, 5.74) is 1.90. The van der Waals surface area contributed by atoms with Gasteiger partial charge in [-0.3, -0.25) is 4.79 Å². The molecule has 2 N–H and O–H groups in total. The highest BCUT2D eigenvalue weighted by atomic mass is 79.9. The van der Waals surface area contributed by atoms with Gasteiger partial charge in [-0.15, -0.1) is 0 Å². The van der Waals surface area contributed by atoms with Crippen LogP contribution >= 0.6 is 15.9 Å². The molecule has 126 valence electrons. The smallest absolute Gasteiger partial charge is 0.258 e. The van der Waals surface area contributed by atoms with Gasteiger partial charge in [-0.25, -0.2) is 9.97 Å². The number of nitrogens with one attached hydrogen (secondary N) is 2. The number of rotatable bonds is 5. The summed E-state index contributed by atoms with van der Waals surface area (Å²) in [5, 5.41) is 5.86. The van der Waals surface area contributed by atoms with E-state index in [9.17, 15) is 4.79 Å². The monoisotopic (exact) mass is 398 g/mol. The molecule has 0 radical (unpaired) electrons. The van der Waals surface area contributed by atoms with Crippen LogP contribution in [0.1, 0.15) is 10.4 Å². The van der Waals surface area contributed by atoms with Crippen molar-refractivity contribution >= 4 is 39.2 Å². The van der Waals surface area contributed by atoms with Gasteiger partial charge in [-0.1, -0.05) is 22.0 Å². The van der Waals surface area contributed by atoms with Crippen molar-refractivity contribution in [2.24, 2.45) is 0 Å². The fourth-order valence-corrected chi connectivity index (χ4v) is 2.48. The zero-order chi connectivity index (χ0) is 17.6. The minimum atomic E-state index is -0.269. The third-order valence-corrected chi connectivity index (χ3v) is 3.84. The third kappa shape index (κ3) is 4.54. The molecule has 25 heavy (non-hydrogen) atoms. The summed E-state index contributed by atoms with van der Waals surface area (Å²) >= 11 is 3.37. The molecule has 1 heterocycles. The van der Waals surface area contributed by atoms with Crippen LogP contribution in [0.4, 0.5) is 17.3 Å². The molecule has 6 nitrogen and oxygen atoms in total. The van der Waals surface area contributed by atoms with Crippen LogP contribution in [0.2, 0.25) is 0 Å². The number of benzene rings is 2. The SMILES string of the molecule is COc1ccc(Nc2ncc(C(=O)Nc3cccc(Br)c3)cn2)cc1. The number of halogens is 1. The molecule has 0 bridgehead atoms. The quantitative estimate of drug-likeness (QED) is 0.671. The molecule has 0 saturated heterocycles. The van der Waals surface area contributed by atoms with Gasteiger partial charge in [0.1, 0.15) is 5.75 Å². The van der Waals surface area contributed by atoms with Gasteiger partial charge in [0.05, 0.1) is 12.7 Å². The Morgan fingerprint density at radius 2 is 1.76 bits per heavy atom. The number of carbonyl (C=O) groups excluding carboxylic acids is 1. The Labute approximate surface area is 153 Å². The number of hydrogen-bond donors (Lipinski definition) is 2. The summed E-state index contributed by atoms with van der Waals surface area (Å²) in [6.07, 6.45) is 2.96. The van der Waals surface area contributed by atoms with Crippen LogP contribution in [-0.4, -0.2) is 23.0 Å². The second kappa shape index (κ2) is 7.76. The summed E-state index contributed by atoms with van der Waals surface area (Å²) in [6, 6.07) is 14.7. The van der Waals surface area contributed by atoms with Gasteiger partial charge in [0.25, 0.3) is 5.91 Å². The highest BCUT2D eigenvalue weighted by molar-refractivity contribution is 9.10. The average molecular weight is 399 g/mol. The van der Waals surface area contributed by atoms with E-state index in [4.69, 9.17) is 4.74 Å². The molecular formula is C18H15BrN4O2. The van der Waals surface area contributed by atoms with Crippen LogP contribution in [0.5, 0.6) is 5.75 Å². The molecule has 0 fully saturated rings. The van der Waals surface area contributed by atoms with Crippen LogP contribution in [0, 0.1) is 0 Å². The predicted octanol–water partition coefficient (Wildman–Crippen LogP) is 4.24. The van der Waals surface area contributed by atoms with Crippen LogP contribution in [-0.2, 0) is 0 Å². The number of carbonyl (C=O) groups is 1. The van der Waals surface area contributed by atoms with E-state index in [1.54, 1.807) is 7.11 Å². The molecule has 0 atom stereocenters. The molecule has 0 aliphatic heterocycles. The highest BCUT2D eigenvalue weighted by Crippen LogP contribution is 2.18. The lowest BCUT2D eigenvalue weighted by Crippen LogP contribution is -2.13. The first-order valence-electron chi connectivity index (χ1n) is 7.44. The molecule has 1 aromatic heterocycles. The number of aromatic nitrogens is 2. The van der Waals surface area contributed by atoms with Crippen LogP contribution in [0.25, 0.3) is 0 Å². The largest absolute Gasteiger partial charge is 0.497 e. The van der Waals surface area contributed by atoms with Crippen molar-refractivity contribution in [1.29, 1.82) is 0 Å². The molecule has 0 spiro atoms. The van der Waals surface area contributed by atoms with Crippen LogP contribution in [0.3, 0.4) is 0 Å². The predicted molar refractivity (Wildman–Crippen MR) is 100 cm³/mol. The Morgan fingerprint density at radius 1 is 1.04 bits per heavy atom. The minimum absolute atomic E-state index is 0.269. The Bertz CT molecular complexity index is 867. The van der Waals surface area contributed by atoms with E-state index in [0.29, 0.717) is 17.2 Å². The molecule has 0 saturated carbocycles. The van der Waals surface area contributed by atoms with Crippen molar-refractivity contribution in [3.63, 3.8) is 0 Å². The van der Waals surface area contributed by atoms with E-state index in [1.807, 2.05) is 48.5 Å². The Hall–Kier alpha value is -2.93. The summed E-state index contributed by atoms with van der Waals surface area (Å²) in [7, 11) is 1.61. The van der Waals surface area contributed by atoms with Crippen molar-refractivity contribution in [3.8, 4) is 5.75 Å². The first kappa shape index (κ1) is 16.9. The maximum absolute atomic E-state index is 12.2.